The minimum atomic E-state index is -1.67. The van der Waals surface area contributed by atoms with Crippen LogP contribution in [0, 0.1) is 0 Å². The monoisotopic (exact) mass is 407 g/mol. The first-order valence-electron chi connectivity index (χ1n) is 11.3. The first-order valence-corrected chi connectivity index (χ1v) is 11.3. The first-order chi connectivity index (χ1) is 14.6. The van der Waals surface area contributed by atoms with Crippen LogP contribution in [0.1, 0.15) is 69.1 Å². The quantitative estimate of drug-likeness (QED) is 0.311. The molecule has 1 atom stereocenters. The van der Waals surface area contributed by atoms with Gasteiger partial charge in [-0.3, -0.25) is 0 Å². The summed E-state index contributed by atoms with van der Waals surface area (Å²) in [5.74, 6) is -0.785. The summed E-state index contributed by atoms with van der Waals surface area (Å²) in [7, 11) is 0. The lowest BCUT2D eigenvalue weighted by Gasteiger charge is -2.26. The number of aryl methyl sites for hydroxylation is 1. The van der Waals surface area contributed by atoms with Gasteiger partial charge in [0.05, 0.1) is 6.61 Å². The zero-order chi connectivity index (χ0) is 21.2. The lowest BCUT2D eigenvalue weighted by Crippen LogP contribution is -2.34. The number of allylic oxidation sites excluding steroid dienone is 2. The highest BCUT2D eigenvalue weighted by Gasteiger charge is 2.29. The van der Waals surface area contributed by atoms with Crippen molar-refractivity contribution in [2.45, 2.75) is 64.6 Å². The Labute approximate surface area is 180 Å². The van der Waals surface area contributed by atoms with E-state index in [2.05, 4.69) is 19.2 Å². The Bertz CT molecular complexity index is 838. The van der Waals surface area contributed by atoms with Crippen molar-refractivity contribution in [2.75, 3.05) is 6.61 Å². The van der Waals surface area contributed by atoms with E-state index in [1.54, 1.807) is 12.3 Å². The van der Waals surface area contributed by atoms with Gasteiger partial charge >= 0.3 is 0 Å². The Balaban J connectivity index is 1.50. The second-order valence-electron chi connectivity index (χ2n) is 7.98. The topological polar surface area (TPSA) is 21.3 Å². The lowest BCUT2D eigenvalue weighted by atomic mass is 9.96. The molecule has 1 N–H and O–H groups in total. The Morgan fingerprint density at radius 1 is 0.867 bits per heavy atom. The van der Waals surface area contributed by atoms with Crippen LogP contribution in [0.5, 0.6) is 5.75 Å². The maximum atomic E-state index is 15.3. The highest BCUT2D eigenvalue weighted by atomic mass is 19.1. The molecule has 2 aromatic carbocycles. The fraction of sp³-hybridized carbons (Fsp3) is 0.407. The number of nitrogens with one attached hydrogen (secondary N) is 1. The smallest absolute Gasteiger partial charge is 0.225 e. The van der Waals surface area contributed by atoms with Gasteiger partial charge in [0, 0.05) is 11.8 Å². The standard InChI is InChI=1S/C27H34FNO/c1-3-5-6-7-8-9-20-30-26-16-12-23(13-17-26)24-18-19-27(28,29-21-24)25-14-10-22(4-2)11-15-25/h10-19,21,29H,3-9,20H2,1-2H3. The van der Waals surface area contributed by atoms with E-state index in [0.29, 0.717) is 5.56 Å². The van der Waals surface area contributed by atoms with Gasteiger partial charge in [-0.05, 0) is 47.8 Å². The molecule has 0 fully saturated rings. The second-order valence-corrected chi connectivity index (χ2v) is 7.98. The Hall–Kier alpha value is -2.55. The van der Waals surface area contributed by atoms with Crippen LogP contribution in [-0.2, 0) is 12.2 Å². The molecule has 0 radical (unpaired) electrons. The van der Waals surface area contributed by atoms with E-state index in [1.165, 1.54) is 37.7 Å². The molecule has 0 spiro atoms. The van der Waals surface area contributed by atoms with E-state index < -0.39 is 5.79 Å². The number of unbranched alkanes of at least 4 members (excludes halogenated alkanes) is 5. The number of hydrogen-bond acceptors (Lipinski definition) is 2. The zero-order valence-corrected chi connectivity index (χ0v) is 18.3. The SMILES string of the molecule is CCCCCCCCOc1ccc(C2=CNC(F)(c3ccc(CC)cc3)C=C2)cc1. The molecule has 0 saturated heterocycles. The number of benzene rings is 2. The molecular formula is C27H34FNO. The second kappa shape index (κ2) is 11.0. The fourth-order valence-corrected chi connectivity index (χ4v) is 3.64. The van der Waals surface area contributed by atoms with Crippen LogP contribution in [0.15, 0.2) is 66.9 Å². The predicted octanol–water partition coefficient (Wildman–Crippen LogP) is 7.31. The average molecular weight is 408 g/mol. The molecule has 2 aromatic rings. The molecular weight excluding hydrogens is 373 g/mol. The van der Waals surface area contributed by atoms with Gasteiger partial charge in [0.15, 0.2) is 0 Å². The van der Waals surface area contributed by atoms with Gasteiger partial charge < -0.3 is 10.1 Å². The molecule has 0 saturated carbocycles. The number of hydrogen-bond donors (Lipinski definition) is 1. The summed E-state index contributed by atoms with van der Waals surface area (Å²) in [5, 5.41) is 2.93. The van der Waals surface area contributed by atoms with Gasteiger partial charge in [0.25, 0.3) is 0 Å². The summed E-state index contributed by atoms with van der Waals surface area (Å²) in [6, 6.07) is 15.7. The molecule has 0 amide bonds. The van der Waals surface area contributed by atoms with Gasteiger partial charge in [-0.2, -0.15) is 0 Å². The van der Waals surface area contributed by atoms with E-state index in [4.69, 9.17) is 4.74 Å². The van der Waals surface area contributed by atoms with Crippen LogP contribution in [0.25, 0.3) is 5.57 Å². The van der Waals surface area contributed by atoms with E-state index in [9.17, 15) is 0 Å². The van der Waals surface area contributed by atoms with Crippen LogP contribution in [0.2, 0.25) is 0 Å². The summed E-state index contributed by atoms with van der Waals surface area (Å²) in [5.41, 5.74) is 3.81. The highest BCUT2D eigenvalue weighted by molar-refractivity contribution is 5.75. The van der Waals surface area contributed by atoms with Crippen molar-refractivity contribution < 1.29 is 9.13 Å². The fourth-order valence-electron chi connectivity index (χ4n) is 3.64. The highest BCUT2D eigenvalue weighted by Crippen LogP contribution is 2.31. The lowest BCUT2D eigenvalue weighted by molar-refractivity contribution is 0.200. The number of alkyl halides is 1. The van der Waals surface area contributed by atoms with Gasteiger partial charge in [-0.25, -0.2) is 4.39 Å². The predicted molar refractivity (Wildman–Crippen MR) is 124 cm³/mol. The van der Waals surface area contributed by atoms with E-state index in [-0.39, 0.29) is 0 Å². The van der Waals surface area contributed by atoms with Crippen molar-refractivity contribution in [3.63, 3.8) is 0 Å². The van der Waals surface area contributed by atoms with Crippen molar-refractivity contribution in [3.8, 4) is 5.75 Å². The van der Waals surface area contributed by atoms with Crippen LogP contribution in [0.4, 0.5) is 4.39 Å². The summed E-state index contributed by atoms with van der Waals surface area (Å²) in [4.78, 5) is 0. The van der Waals surface area contributed by atoms with Crippen molar-refractivity contribution in [2.24, 2.45) is 0 Å². The Kier molecular flexibility index (Phi) is 8.12. The zero-order valence-electron chi connectivity index (χ0n) is 18.3. The van der Waals surface area contributed by atoms with E-state index >= 15 is 4.39 Å². The molecule has 3 heteroatoms. The maximum absolute atomic E-state index is 15.3. The van der Waals surface area contributed by atoms with Crippen LogP contribution < -0.4 is 10.1 Å². The molecule has 1 aliphatic rings. The van der Waals surface area contributed by atoms with Crippen LogP contribution >= 0.6 is 0 Å². The first kappa shape index (κ1) is 22.1. The largest absolute Gasteiger partial charge is 0.494 e. The molecule has 0 aliphatic carbocycles. The van der Waals surface area contributed by atoms with Crippen LogP contribution in [0.3, 0.4) is 0 Å². The van der Waals surface area contributed by atoms with Gasteiger partial charge in [-0.15, -0.1) is 0 Å². The van der Waals surface area contributed by atoms with Crippen molar-refractivity contribution in [1.82, 2.24) is 5.32 Å². The molecule has 30 heavy (non-hydrogen) atoms. The molecule has 1 aliphatic heterocycles. The van der Waals surface area contributed by atoms with Gasteiger partial charge in [0.2, 0.25) is 5.79 Å². The van der Waals surface area contributed by atoms with Gasteiger partial charge in [-0.1, -0.05) is 88.4 Å². The molecule has 0 aromatic heterocycles. The molecule has 2 nitrogen and oxygen atoms in total. The van der Waals surface area contributed by atoms with Gasteiger partial charge in [0.1, 0.15) is 5.75 Å². The minimum Gasteiger partial charge on any atom is -0.494 e. The Morgan fingerprint density at radius 2 is 1.57 bits per heavy atom. The summed E-state index contributed by atoms with van der Waals surface area (Å²) < 4.78 is 21.2. The Morgan fingerprint density at radius 3 is 2.20 bits per heavy atom. The number of halogens is 1. The van der Waals surface area contributed by atoms with Crippen LogP contribution in [-0.4, -0.2) is 6.61 Å². The van der Waals surface area contributed by atoms with Crippen molar-refractivity contribution >= 4 is 5.57 Å². The number of ether oxygens (including phenoxy) is 1. The third-order valence-corrected chi connectivity index (χ3v) is 5.67. The average Bonchev–Trinajstić information content (AvgIpc) is 2.79. The molecule has 160 valence electrons. The molecule has 0 bridgehead atoms. The third kappa shape index (κ3) is 5.98. The van der Waals surface area contributed by atoms with Crippen molar-refractivity contribution in [1.29, 1.82) is 0 Å². The third-order valence-electron chi connectivity index (χ3n) is 5.67. The summed E-state index contributed by atoms with van der Waals surface area (Å²) >= 11 is 0. The number of rotatable bonds is 11. The molecule has 1 unspecified atom stereocenters. The number of dihydropyridines is 1. The maximum Gasteiger partial charge on any atom is 0.225 e. The molecule has 1 heterocycles. The summed E-state index contributed by atoms with van der Waals surface area (Å²) in [6.07, 6.45) is 13.7. The van der Waals surface area contributed by atoms with Crippen molar-refractivity contribution in [3.05, 3.63) is 83.6 Å². The normalized spacial score (nSPS) is 18.0. The molecule has 3 rings (SSSR count). The summed E-state index contributed by atoms with van der Waals surface area (Å²) in [6.45, 7) is 5.09. The van der Waals surface area contributed by atoms with E-state index in [1.807, 2.05) is 54.6 Å². The van der Waals surface area contributed by atoms with E-state index in [0.717, 1.165) is 36.3 Å². The minimum absolute atomic E-state index is 0.615.